The highest BCUT2D eigenvalue weighted by molar-refractivity contribution is 5.92. The molecule has 18 heavy (non-hydrogen) atoms. The Hall–Kier alpha value is -1.07. The average Bonchev–Trinajstić information content (AvgIpc) is 2.79. The number of rotatable bonds is 3. The van der Waals surface area contributed by atoms with Crippen molar-refractivity contribution in [3.63, 3.8) is 0 Å². The Labute approximate surface area is 114 Å². The summed E-state index contributed by atoms with van der Waals surface area (Å²) in [4.78, 5) is 11.9. The number of nitrogens with zero attached hydrogens (tertiary/aromatic N) is 1. The molecule has 0 aliphatic carbocycles. The number of piperidine rings is 1. The van der Waals surface area contributed by atoms with Gasteiger partial charge in [0.05, 0.1) is 0 Å². The first-order valence-corrected chi connectivity index (χ1v) is 6.23. The number of aromatic nitrogens is 2. The van der Waals surface area contributed by atoms with Gasteiger partial charge in [-0.2, -0.15) is 5.10 Å². The first kappa shape index (κ1) is 15.0. The molecule has 2 heterocycles. The monoisotopic (exact) mass is 272 g/mol. The lowest BCUT2D eigenvalue weighted by molar-refractivity contribution is 0.0925. The third-order valence-electron chi connectivity index (χ3n) is 3.08. The van der Waals surface area contributed by atoms with Gasteiger partial charge in [0, 0.05) is 18.3 Å². The Morgan fingerprint density at radius 3 is 2.89 bits per heavy atom. The number of H-pyrrole nitrogens is 1. The summed E-state index contributed by atoms with van der Waals surface area (Å²) in [7, 11) is 0. The maximum absolute atomic E-state index is 11.9. The second kappa shape index (κ2) is 6.75. The minimum atomic E-state index is -0.0816. The van der Waals surface area contributed by atoms with Gasteiger partial charge in [-0.15, -0.1) is 12.4 Å². The van der Waals surface area contributed by atoms with E-state index in [1.807, 2.05) is 6.07 Å². The topological polar surface area (TPSA) is 69.8 Å². The average molecular weight is 273 g/mol. The molecule has 6 heteroatoms. The van der Waals surface area contributed by atoms with Crippen LogP contribution < -0.4 is 10.6 Å². The van der Waals surface area contributed by atoms with Gasteiger partial charge in [-0.05, 0) is 31.4 Å². The normalized spacial score (nSPS) is 19.4. The van der Waals surface area contributed by atoms with Crippen LogP contribution in [0.15, 0.2) is 6.07 Å². The van der Waals surface area contributed by atoms with E-state index in [0.717, 1.165) is 31.6 Å². The van der Waals surface area contributed by atoms with Gasteiger partial charge >= 0.3 is 0 Å². The summed E-state index contributed by atoms with van der Waals surface area (Å²) >= 11 is 0. The summed E-state index contributed by atoms with van der Waals surface area (Å²) in [6.45, 7) is 6.04. The molecular weight excluding hydrogens is 252 g/mol. The number of carbonyl (C=O) groups excluding carboxylic acids is 1. The van der Waals surface area contributed by atoms with Gasteiger partial charge in [0.2, 0.25) is 0 Å². The molecule has 1 aromatic rings. The lowest BCUT2D eigenvalue weighted by Crippen LogP contribution is -2.45. The molecule has 1 aromatic heterocycles. The lowest BCUT2D eigenvalue weighted by Gasteiger charge is -2.23. The fraction of sp³-hybridized carbons (Fsp3) is 0.667. The van der Waals surface area contributed by atoms with E-state index in [1.165, 1.54) is 0 Å². The molecule has 5 nitrogen and oxygen atoms in total. The Balaban J connectivity index is 0.00000162. The van der Waals surface area contributed by atoms with Crippen molar-refractivity contribution in [2.24, 2.45) is 0 Å². The Morgan fingerprint density at radius 2 is 2.33 bits per heavy atom. The molecule has 1 aliphatic heterocycles. The van der Waals surface area contributed by atoms with Gasteiger partial charge in [0.1, 0.15) is 5.69 Å². The summed E-state index contributed by atoms with van der Waals surface area (Å²) < 4.78 is 0. The van der Waals surface area contributed by atoms with Crippen molar-refractivity contribution in [1.29, 1.82) is 0 Å². The fourth-order valence-electron chi connectivity index (χ4n) is 1.98. The van der Waals surface area contributed by atoms with Crippen molar-refractivity contribution >= 4 is 18.3 Å². The number of hydrogen-bond donors (Lipinski definition) is 3. The largest absolute Gasteiger partial charge is 0.347 e. The van der Waals surface area contributed by atoms with Crippen LogP contribution in [0.25, 0.3) is 0 Å². The van der Waals surface area contributed by atoms with Gasteiger partial charge in [-0.25, -0.2) is 0 Å². The van der Waals surface area contributed by atoms with Crippen molar-refractivity contribution in [3.8, 4) is 0 Å². The molecule has 1 saturated heterocycles. The highest BCUT2D eigenvalue weighted by Gasteiger charge is 2.18. The Bertz CT molecular complexity index is 385. The highest BCUT2D eigenvalue weighted by atomic mass is 35.5. The first-order valence-electron chi connectivity index (χ1n) is 6.23. The zero-order valence-electron chi connectivity index (χ0n) is 10.8. The van der Waals surface area contributed by atoms with Crippen molar-refractivity contribution in [2.75, 3.05) is 13.1 Å². The smallest absolute Gasteiger partial charge is 0.272 e. The SMILES string of the molecule is CC(C)c1cc(C(=O)N[C@H]2CCCNC2)n[nH]1.Cl. The standard InChI is InChI=1S/C12H20N4O.ClH/c1-8(2)10-6-11(16-15-10)12(17)14-9-4-3-5-13-7-9;/h6,8-9,13H,3-5,7H2,1-2H3,(H,14,17)(H,15,16);1H/t9-;/m0./s1. The second-order valence-corrected chi connectivity index (χ2v) is 4.88. The zero-order chi connectivity index (χ0) is 12.3. The van der Waals surface area contributed by atoms with E-state index < -0.39 is 0 Å². The molecule has 0 spiro atoms. The third kappa shape index (κ3) is 3.71. The molecule has 1 atom stereocenters. The molecule has 0 unspecified atom stereocenters. The van der Waals surface area contributed by atoms with Crippen molar-refractivity contribution < 1.29 is 4.79 Å². The second-order valence-electron chi connectivity index (χ2n) is 4.88. The molecule has 1 amide bonds. The molecule has 1 fully saturated rings. The molecule has 2 rings (SSSR count). The number of nitrogens with one attached hydrogen (secondary N) is 3. The number of amides is 1. The Kier molecular flexibility index (Phi) is 5.62. The Morgan fingerprint density at radius 1 is 1.56 bits per heavy atom. The minimum Gasteiger partial charge on any atom is -0.347 e. The van der Waals surface area contributed by atoms with Crippen LogP contribution in [0.3, 0.4) is 0 Å². The molecule has 0 aromatic carbocycles. The van der Waals surface area contributed by atoms with Crippen molar-refractivity contribution in [3.05, 3.63) is 17.5 Å². The van der Waals surface area contributed by atoms with E-state index in [4.69, 9.17) is 0 Å². The van der Waals surface area contributed by atoms with Crippen LogP contribution in [0.5, 0.6) is 0 Å². The predicted molar refractivity (Wildman–Crippen MR) is 73.3 cm³/mol. The van der Waals surface area contributed by atoms with E-state index >= 15 is 0 Å². The molecule has 1 aliphatic rings. The van der Waals surface area contributed by atoms with Crippen LogP contribution in [0.2, 0.25) is 0 Å². The summed E-state index contributed by atoms with van der Waals surface area (Å²) in [5, 5.41) is 13.2. The first-order chi connectivity index (χ1) is 8.16. The molecule has 0 saturated carbocycles. The van der Waals surface area contributed by atoms with Crippen LogP contribution in [0.4, 0.5) is 0 Å². The maximum atomic E-state index is 11.9. The van der Waals surface area contributed by atoms with Gasteiger partial charge in [-0.1, -0.05) is 13.8 Å². The van der Waals surface area contributed by atoms with Gasteiger partial charge in [0.15, 0.2) is 0 Å². The quantitative estimate of drug-likeness (QED) is 0.780. The summed E-state index contributed by atoms with van der Waals surface area (Å²) in [6.07, 6.45) is 2.16. The van der Waals surface area contributed by atoms with Crippen LogP contribution in [-0.4, -0.2) is 35.2 Å². The fourth-order valence-corrected chi connectivity index (χ4v) is 1.98. The molecule has 0 radical (unpaired) electrons. The number of aromatic amines is 1. The summed E-state index contributed by atoms with van der Waals surface area (Å²) in [6, 6.07) is 2.06. The molecule has 102 valence electrons. The van der Waals surface area contributed by atoms with E-state index in [2.05, 4.69) is 34.7 Å². The number of carbonyl (C=O) groups is 1. The minimum absolute atomic E-state index is 0. The van der Waals surface area contributed by atoms with Crippen LogP contribution in [0.1, 0.15) is 48.8 Å². The highest BCUT2D eigenvalue weighted by Crippen LogP contribution is 2.12. The lowest BCUT2D eigenvalue weighted by atomic mass is 10.1. The van der Waals surface area contributed by atoms with Crippen LogP contribution in [0, 0.1) is 0 Å². The van der Waals surface area contributed by atoms with Gasteiger partial charge in [-0.3, -0.25) is 9.89 Å². The molecule has 3 N–H and O–H groups in total. The summed E-state index contributed by atoms with van der Waals surface area (Å²) in [5.74, 6) is 0.280. The number of halogens is 1. The van der Waals surface area contributed by atoms with E-state index in [1.54, 1.807) is 0 Å². The molecule has 0 bridgehead atoms. The predicted octanol–water partition coefficient (Wildman–Crippen LogP) is 1.44. The molecular formula is C12H21ClN4O. The van der Waals surface area contributed by atoms with Crippen molar-refractivity contribution in [1.82, 2.24) is 20.8 Å². The third-order valence-corrected chi connectivity index (χ3v) is 3.08. The van der Waals surface area contributed by atoms with E-state index in [9.17, 15) is 4.79 Å². The van der Waals surface area contributed by atoms with Gasteiger partial charge in [0.25, 0.3) is 5.91 Å². The maximum Gasteiger partial charge on any atom is 0.272 e. The number of hydrogen-bond acceptors (Lipinski definition) is 3. The van der Waals surface area contributed by atoms with Crippen LogP contribution in [-0.2, 0) is 0 Å². The van der Waals surface area contributed by atoms with E-state index in [0.29, 0.717) is 11.6 Å². The zero-order valence-corrected chi connectivity index (χ0v) is 11.6. The van der Waals surface area contributed by atoms with Crippen LogP contribution >= 0.6 is 12.4 Å². The van der Waals surface area contributed by atoms with E-state index in [-0.39, 0.29) is 24.4 Å². The summed E-state index contributed by atoms with van der Waals surface area (Å²) in [5.41, 5.74) is 1.48. The van der Waals surface area contributed by atoms with Crippen molar-refractivity contribution in [2.45, 2.75) is 38.6 Å². The van der Waals surface area contributed by atoms with Gasteiger partial charge < -0.3 is 10.6 Å².